The van der Waals surface area contributed by atoms with Crippen molar-refractivity contribution in [3.05, 3.63) is 40.3 Å². The third kappa shape index (κ3) is 3.46. The number of nitrogens with one attached hydrogen (secondary N) is 1. The first kappa shape index (κ1) is 15.2. The number of hydrogen-bond acceptors (Lipinski definition) is 4. The molecule has 0 aliphatic carbocycles. The average molecular weight is 289 g/mol. The number of ether oxygens (including phenoxy) is 1. The van der Waals surface area contributed by atoms with Gasteiger partial charge in [0.25, 0.3) is 11.5 Å². The molecule has 2 rings (SSSR count). The van der Waals surface area contributed by atoms with Crippen LogP contribution >= 0.6 is 0 Å². The fourth-order valence-corrected chi connectivity index (χ4v) is 1.99. The molecule has 1 aromatic heterocycles. The van der Waals surface area contributed by atoms with E-state index in [9.17, 15) is 9.59 Å². The summed E-state index contributed by atoms with van der Waals surface area (Å²) in [5.74, 6) is -0.241. The highest BCUT2D eigenvalue weighted by atomic mass is 16.5. The summed E-state index contributed by atoms with van der Waals surface area (Å²) in [6.07, 6.45) is 0.125. The molecule has 0 aliphatic rings. The minimum Gasteiger partial charge on any atom is -0.377 e. The molecular weight excluding hydrogens is 270 g/mol. The molecule has 0 bridgehead atoms. The van der Waals surface area contributed by atoms with Gasteiger partial charge in [-0.05, 0) is 19.9 Å². The molecule has 0 radical (unpaired) electrons. The zero-order chi connectivity index (χ0) is 15.4. The van der Waals surface area contributed by atoms with Crippen molar-refractivity contribution in [2.24, 2.45) is 0 Å². The number of likely N-dealkylation sites (N-methyl/N-ethyl adjacent to an activating group) is 1. The van der Waals surface area contributed by atoms with E-state index < -0.39 is 0 Å². The van der Waals surface area contributed by atoms with Crippen LogP contribution in [0.1, 0.15) is 24.3 Å². The molecule has 0 atom stereocenters. The van der Waals surface area contributed by atoms with Crippen LogP contribution in [0.3, 0.4) is 0 Å². The van der Waals surface area contributed by atoms with Crippen molar-refractivity contribution < 1.29 is 9.53 Å². The maximum atomic E-state index is 12.4. The summed E-state index contributed by atoms with van der Waals surface area (Å²) in [5.41, 5.74) is -0.0507. The van der Waals surface area contributed by atoms with E-state index in [1.165, 1.54) is 4.90 Å². The Hall–Kier alpha value is -2.21. The second-order valence-corrected chi connectivity index (χ2v) is 5.09. The number of aromatic nitrogens is 2. The largest absolute Gasteiger partial charge is 0.377 e. The number of amides is 1. The van der Waals surface area contributed by atoms with Gasteiger partial charge in [-0.2, -0.15) is 5.10 Å². The lowest BCUT2D eigenvalue weighted by Gasteiger charge is -2.18. The number of carbonyl (C=O) groups excluding carboxylic acids is 1. The highest BCUT2D eigenvalue weighted by Gasteiger charge is 2.17. The van der Waals surface area contributed by atoms with Crippen molar-refractivity contribution in [3.63, 3.8) is 0 Å². The molecule has 1 heterocycles. The van der Waals surface area contributed by atoms with E-state index in [1.807, 2.05) is 13.8 Å². The first-order valence-corrected chi connectivity index (χ1v) is 6.85. The van der Waals surface area contributed by atoms with Crippen molar-refractivity contribution in [2.75, 3.05) is 20.2 Å². The monoisotopic (exact) mass is 289 g/mol. The molecule has 0 saturated carbocycles. The summed E-state index contributed by atoms with van der Waals surface area (Å²) >= 11 is 0. The van der Waals surface area contributed by atoms with Crippen LogP contribution in [0.2, 0.25) is 0 Å². The smallest absolute Gasteiger partial charge is 0.274 e. The summed E-state index contributed by atoms with van der Waals surface area (Å²) in [4.78, 5) is 25.7. The SMILES string of the molecule is CC(C)OCCN(C)C(=O)c1n[nH]c(=O)c2ccccc12. The van der Waals surface area contributed by atoms with Crippen LogP contribution in [0.15, 0.2) is 29.1 Å². The van der Waals surface area contributed by atoms with Gasteiger partial charge in [-0.3, -0.25) is 9.59 Å². The number of aromatic amines is 1. The molecule has 0 fully saturated rings. The first-order chi connectivity index (χ1) is 10.0. The second kappa shape index (κ2) is 6.49. The van der Waals surface area contributed by atoms with Crippen LogP contribution in [0, 0.1) is 0 Å². The molecule has 0 aliphatic heterocycles. The Balaban J connectivity index is 2.23. The Morgan fingerprint density at radius 2 is 2.00 bits per heavy atom. The lowest BCUT2D eigenvalue weighted by molar-refractivity contribution is 0.0529. The molecule has 6 nitrogen and oxygen atoms in total. The zero-order valence-corrected chi connectivity index (χ0v) is 12.4. The van der Waals surface area contributed by atoms with E-state index in [0.29, 0.717) is 23.9 Å². The van der Waals surface area contributed by atoms with E-state index >= 15 is 0 Å². The van der Waals surface area contributed by atoms with E-state index in [-0.39, 0.29) is 23.3 Å². The molecule has 1 aromatic carbocycles. The lowest BCUT2D eigenvalue weighted by atomic mass is 10.1. The summed E-state index contributed by atoms with van der Waals surface area (Å²) in [6.45, 7) is 4.81. The molecule has 6 heteroatoms. The van der Waals surface area contributed by atoms with Crippen LogP contribution in [0.5, 0.6) is 0 Å². The molecule has 1 amide bonds. The Morgan fingerprint density at radius 1 is 1.33 bits per heavy atom. The quantitative estimate of drug-likeness (QED) is 0.903. The average Bonchev–Trinajstić information content (AvgIpc) is 2.47. The summed E-state index contributed by atoms with van der Waals surface area (Å²) in [5, 5.41) is 7.29. The van der Waals surface area contributed by atoms with E-state index in [0.717, 1.165) is 0 Å². The van der Waals surface area contributed by atoms with Crippen molar-refractivity contribution in [3.8, 4) is 0 Å². The van der Waals surface area contributed by atoms with Gasteiger partial charge in [0.1, 0.15) is 0 Å². The van der Waals surface area contributed by atoms with Crippen LogP contribution in [0.25, 0.3) is 10.8 Å². The zero-order valence-electron chi connectivity index (χ0n) is 12.4. The highest BCUT2D eigenvalue weighted by Crippen LogP contribution is 2.13. The van der Waals surface area contributed by atoms with Gasteiger partial charge in [-0.1, -0.05) is 18.2 Å². The van der Waals surface area contributed by atoms with Crippen LogP contribution in [-0.4, -0.2) is 47.3 Å². The maximum absolute atomic E-state index is 12.4. The Labute approximate surface area is 122 Å². The fourth-order valence-electron chi connectivity index (χ4n) is 1.99. The van der Waals surface area contributed by atoms with Gasteiger partial charge in [0.15, 0.2) is 5.69 Å². The second-order valence-electron chi connectivity index (χ2n) is 5.09. The van der Waals surface area contributed by atoms with Crippen molar-refractivity contribution in [1.29, 1.82) is 0 Å². The van der Waals surface area contributed by atoms with E-state index in [2.05, 4.69) is 10.2 Å². The minimum absolute atomic E-state index is 0.125. The number of nitrogens with zero attached hydrogens (tertiary/aromatic N) is 2. The fraction of sp³-hybridized carbons (Fsp3) is 0.400. The van der Waals surface area contributed by atoms with Crippen molar-refractivity contribution in [2.45, 2.75) is 20.0 Å². The summed E-state index contributed by atoms with van der Waals surface area (Å²) in [6, 6.07) is 6.94. The van der Waals surface area contributed by atoms with Crippen molar-refractivity contribution in [1.82, 2.24) is 15.1 Å². The third-order valence-electron chi connectivity index (χ3n) is 3.12. The topological polar surface area (TPSA) is 75.3 Å². The number of hydrogen-bond donors (Lipinski definition) is 1. The minimum atomic E-state index is -0.298. The van der Waals surface area contributed by atoms with E-state index in [1.54, 1.807) is 31.3 Å². The number of benzene rings is 1. The normalized spacial score (nSPS) is 11.0. The van der Waals surface area contributed by atoms with Crippen molar-refractivity contribution >= 4 is 16.7 Å². The third-order valence-corrected chi connectivity index (χ3v) is 3.12. The predicted octanol–water partition coefficient (Wildman–Crippen LogP) is 1.42. The van der Waals surface area contributed by atoms with Crippen LogP contribution < -0.4 is 5.56 Å². The van der Waals surface area contributed by atoms with Gasteiger partial charge in [0, 0.05) is 19.0 Å². The van der Waals surface area contributed by atoms with Gasteiger partial charge in [0.05, 0.1) is 18.1 Å². The Morgan fingerprint density at radius 3 is 2.67 bits per heavy atom. The van der Waals surface area contributed by atoms with E-state index in [4.69, 9.17) is 4.74 Å². The van der Waals surface area contributed by atoms with Gasteiger partial charge in [-0.25, -0.2) is 5.10 Å². The lowest BCUT2D eigenvalue weighted by Crippen LogP contribution is -2.32. The molecule has 21 heavy (non-hydrogen) atoms. The Kier molecular flexibility index (Phi) is 4.70. The first-order valence-electron chi connectivity index (χ1n) is 6.85. The maximum Gasteiger partial charge on any atom is 0.274 e. The van der Waals surface area contributed by atoms with Gasteiger partial charge in [0.2, 0.25) is 0 Å². The molecule has 2 aromatic rings. The van der Waals surface area contributed by atoms with Crippen LogP contribution in [-0.2, 0) is 4.74 Å². The Bertz CT molecular complexity index is 694. The standard InChI is InChI=1S/C15H19N3O3/c1-10(2)21-9-8-18(3)15(20)13-11-6-4-5-7-12(11)14(19)17-16-13/h4-7,10H,8-9H2,1-3H3,(H,17,19). The van der Waals surface area contributed by atoms with Crippen LogP contribution in [0.4, 0.5) is 0 Å². The molecule has 112 valence electrons. The molecule has 1 N–H and O–H groups in total. The number of fused-ring (bicyclic) bond motifs is 1. The molecule has 0 saturated heterocycles. The molecule has 0 spiro atoms. The molecular formula is C15H19N3O3. The highest BCUT2D eigenvalue weighted by molar-refractivity contribution is 6.04. The predicted molar refractivity (Wildman–Crippen MR) is 80.4 cm³/mol. The number of rotatable bonds is 5. The van der Waals surface area contributed by atoms with Gasteiger partial charge < -0.3 is 9.64 Å². The molecule has 0 unspecified atom stereocenters. The number of H-pyrrole nitrogens is 1. The van der Waals surface area contributed by atoms with Gasteiger partial charge in [-0.15, -0.1) is 0 Å². The summed E-state index contributed by atoms with van der Waals surface area (Å²) < 4.78 is 5.43. The number of carbonyl (C=O) groups is 1. The summed E-state index contributed by atoms with van der Waals surface area (Å²) in [7, 11) is 1.69. The van der Waals surface area contributed by atoms with Gasteiger partial charge >= 0.3 is 0 Å².